The maximum absolute atomic E-state index is 12.9. The van der Waals surface area contributed by atoms with E-state index in [1.54, 1.807) is 18.3 Å². The highest BCUT2D eigenvalue weighted by molar-refractivity contribution is 5.95. The Balaban J connectivity index is 1.32. The van der Waals surface area contributed by atoms with Crippen molar-refractivity contribution in [2.45, 2.75) is 57.8 Å². The average molecular weight is 371 g/mol. The van der Waals surface area contributed by atoms with Crippen molar-refractivity contribution in [3.05, 3.63) is 23.9 Å². The normalized spacial score (nSPS) is 27.3. The van der Waals surface area contributed by atoms with Gasteiger partial charge in [0.25, 0.3) is 5.91 Å². The summed E-state index contributed by atoms with van der Waals surface area (Å²) in [5.41, 5.74) is 6.73. The Kier molecular flexibility index (Phi) is 5.67. The molecule has 1 unspecified atom stereocenters. The minimum absolute atomic E-state index is 0.111. The predicted octanol–water partition coefficient (Wildman–Crippen LogP) is 3.56. The topological polar surface area (TPSA) is 62.5 Å². The number of hydrogen-bond donors (Lipinski definition) is 1. The third kappa shape index (κ3) is 4.45. The van der Waals surface area contributed by atoms with Gasteiger partial charge < -0.3 is 15.5 Å². The second-order valence-electron chi connectivity index (χ2n) is 9.12. The number of nitrogens with two attached hydrogens (primary N) is 1. The van der Waals surface area contributed by atoms with Crippen LogP contribution >= 0.6 is 0 Å². The highest BCUT2D eigenvalue weighted by Gasteiger charge is 2.42. The van der Waals surface area contributed by atoms with Gasteiger partial charge in [-0.15, -0.1) is 0 Å². The molecule has 1 saturated carbocycles. The monoisotopic (exact) mass is 370 g/mol. The van der Waals surface area contributed by atoms with Crippen LogP contribution in [0, 0.1) is 11.3 Å². The Morgan fingerprint density at radius 2 is 2.00 bits per heavy atom. The molecule has 4 rings (SSSR count). The number of carbonyl (C=O) groups is 1. The number of anilines is 1. The van der Waals surface area contributed by atoms with E-state index in [1.807, 2.05) is 4.90 Å². The molecule has 3 heterocycles. The van der Waals surface area contributed by atoms with Gasteiger partial charge in [-0.05, 0) is 56.8 Å². The van der Waals surface area contributed by atoms with Crippen LogP contribution in [0.2, 0.25) is 0 Å². The van der Waals surface area contributed by atoms with E-state index in [0.29, 0.717) is 16.8 Å². The summed E-state index contributed by atoms with van der Waals surface area (Å²) in [5, 5.41) is 0. The first-order chi connectivity index (χ1) is 13.1. The number of aromatic nitrogens is 1. The van der Waals surface area contributed by atoms with Crippen LogP contribution < -0.4 is 5.73 Å². The lowest BCUT2D eigenvalue weighted by Gasteiger charge is -2.41. The lowest BCUT2D eigenvalue weighted by Crippen LogP contribution is -2.45. The molecule has 148 valence electrons. The van der Waals surface area contributed by atoms with E-state index in [1.165, 1.54) is 71.0 Å². The van der Waals surface area contributed by atoms with Gasteiger partial charge in [-0.1, -0.05) is 32.1 Å². The number of nitrogen functional groups attached to an aromatic ring is 1. The molecule has 27 heavy (non-hydrogen) atoms. The van der Waals surface area contributed by atoms with Crippen molar-refractivity contribution in [3.63, 3.8) is 0 Å². The summed E-state index contributed by atoms with van der Waals surface area (Å²) in [6, 6.07) is 3.48. The minimum atomic E-state index is 0.111. The number of likely N-dealkylation sites (tertiary alicyclic amines) is 2. The van der Waals surface area contributed by atoms with Crippen molar-refractivity contribution in [2.24, 2.45) is 11.3 Å². The van der Waals surface area contributed by atoms with Gasteiger partial charge in [0.05, 0.1) is 0 Å². The zero-order valence-electron chi connectivity index (χ0n) is 16.5. The Labute approximate surface area is 163 Å². The molecule has 5 heteroatoms. The van der Waals surface area contributed by atoms with E-state index in [9.17, 15) is 4.79 Å². The van der Waals surface area contributed by atoms with E-state index in [4.69, 9.17) is 5.73 Å². The Hall–Kier alpha value is -1.62. The average Bonchev–Trinajstić information content (AvgIpc) is 3.10. The summed E-state index contributed by atoms with van der Waals surface area (Å²) in [7, 11) is 0. The van der Waals surface area contributed by atoms with E-state index in [2.05, 4.69) is 9.88 Å². The number of rotatable bonds is 4. The molecular weight excluding hydrogens is 336 g/mol. The quantitative estimate of drug-likeness (QED) is 0.880. The number of amides is 1. The fourth-order valence-electron chi connectivity index (χ4n) is 5.55. The lowest BCUT2D eigenvalue weighted by molar-refractivity contribution is 0.0674. The van der Waals surface area contributed by atoms with Gasteiger partial charge in [-0.2, -0.15) is 0 Å². The van der Waals surface area contributed by atoms with Crippen LogP contribution in [-0.2, 0) is 0 Å². The molecule has 1 aromatic heterocycles. The summed E-state index contributed by atoms with van der Waals surface area (Å²) >= 11 is 0. The molecule has 2 saturated heterocycles. The van der Waals surface area contributed by atoms with Gasteiger partial charge in [-0.3, -0.25) is 4.79 Å². The SMILES string of the molecule is Nc1cc(C(=O)N2CCC3(CCCN(CCC4CCCCC4)C3)C2)ccn1. The van der Waals surface area contributed by atoms with Crippen LogP contribution in [0.25, 0.3) is 0 Å². The second-order valence-corrected chi connectivity index (χ2v) is 9.12. The van der Waals surface area contributed by atoms with Gasteiger partial charge >= 0.3 is 0 Å². The van der Waals surface area contributed by atoms with Crippen molar-refractivity contribution in [3.8, 4) is 0 Å². The summed E-state index contributed by atoms with van der Waals surface area (Å²) < 4.78 is 0. The fourth-order valence-corrected chi connectivity index (χ4v) is 5.55. The molecule has 1 spiro atoms. The highest BCUT2D eigenvalue weighted by atomic mass is 16.2. The molecule has 2 N–H and O–H groups in total. The van der Waals surface area contributed by atoms with Crippen LogP contribution in [0.3, 0.4) is 0 Å². The van der Waals surface area contributed by atoms with Crippen LogP contribution in [0.15, 0.2) is 18.3 Å². The Morgan fingerprint density at radius 1 is 1.15 bits per heavy atom. The first-order valence-corrected chi connectivity index (χ1v) is 10.9. The molecule has 1 amide bonds. The van der Waals surface area contributed by atoms with Crippen molar-refractivity contribution in [1.29, 1.82) is 0 Å². The van der Waals surface area contributed by atoms with Gasteiger partial charge in [0.1, 0.15) is 5.82 Å². The molecule has 2 aliphatic heterocycles. The van der Waals surface area contributed by atoms with Crippen LogP contribution in [0.4, 0.5) is 5.82 Å². The zero-order chi connectivity index (χ0) is 18.7. The smallest absolute Gasteiger partial charge is 0.254 e. The molecule has 3 fully saturated rings. The minimum Gasteiger partial charge on any atom is -0.384 e. The molecule has 3 aliphatic rings. The summed E-state index contributed by atoms with van der Waals surface area (Å²) in [5.74, 6) is 1.48. The molecule has 1 aliphatic carbocycles. The van der Waals surface area contributed by atoms with Crippen LogP contribution in [0.1, 0.15) is 68.1 Å². The molecule has 0 aromatic carbocycles. The number of pyridine rings is 1. The van der Waals surface area contributed by atoms with Crippen LogP contribution in [-0.4, -0.2) is 53.4 Å². The summed E-state index contributed by atoms with van der Waals surface area (Å²) in [6.07, 6.45) is 13.9. The summed E-state index contributed by atoms with van der Waals surface area (Å²) in [4.78, 5) is 21.6. The van der Waals surface area contributed by atoms with E-state index in [-0.39, 0.29) is 5.91 Å². The van der Waals surface area contributed by atoms with Crippen molar-refractivity contribution >= 4 is 11.7 Å². The first kappa shape index (κ1) is 18.7. The molecule has 1 atom stereocenters. The van der Waals surface area contributed by atoms with Crippen LogP contribution in [0.5, 0.6) is 0 Å². The van der Waals surface area contributed by atoms with E-state index >= 15 is 0 Å². The number of hydrogen-bond acceptors (Lipinski definition) is 4. The zero-order valence-corrected chi connectivity index (χ0v) is 16.5. The summed E-state index contributed by atoms with van der Waals surface area (Å²) in [6.45, 7) is 5.43. The lowest BCUT2D eigenvalue weighted by atomic mass is 9.79. The number of carbonyl (C=O) groups excluding carboxylic acids is 1. The molecule has 0 bridgehead atoms. The largest absolute Gasteiger partial charge is 0.384 e. The van der Waals surface area contributed by atoms with E-state index < -0.39 is 0 Å². The molecule has 1 aromatic rings. The van der Waals surface area contributed by atoms with Gasteiger partial charge in [0.15, 0.2) is 0 Å². The maximum Gasteiger partial charge on any atom is 0.254 e. The van der Waals surface area contributed by atoms with Crippen molar-refractivity contribution in [2.75, 3.05) is 38.5 Å². The first-order valence-electron chi connectivity index (χ1n) is 10.9. The fraction of sp³-hybridized carbons (Fsp3) is 0.727. The Bertz CT molecular complexity index is 657. The Morgan fingerprint density at radius 3 is 2.81 bits per heavy atom. The standard InChI is InChI=1S/C22H34N4O/c23-20-15-19(7-11-24-20)21(27)26-14-10-22(17-26)9-4-12-25(16-22)13-8-18-5-2-1-3-6-18/h7,11,15,18H,1-6,8-10,12-14,16-17H2,(H2,23,24). The molecule has 5 nitrogen and oxygen atoms in total. The molecular formula is C22H34N4O. The van der Waals surface area contributed by atoms with E-state index in [0.717, 1.165) is 25.4 Å². The number of nitrogens with zero attached hydrogens (tertiary/aromatic N) is 3. The molecule has 0 radical (unpaired) electrons. The second kappa shape index (κ2) is 8.17. The van der Waals surface area contributed by atoms with Crippen molar-refractivity contribution in [1.82, 2.24) is 14.8 Å². The van der Waals surface area contributed by atoms with Gasteiger partial charge in [0, 0.05) is 36.8 Å². The van der Waals surface area contributed by atoms with Gasteiger partial charge in [0.2, 0.25) is 0 Å². The third-order valence-corrected chi connectivity index (χ3v) is 7.07. The van der Waals surface area contributed by atoms with Gasteiger partial charge in [-0.25, -0.2) is 4.98 Å². The third-order valence-electron chi connectivity index (χ3n) is 7.07. The predicted molar refractivity (Wildman–Crippen MR) is 108 cm³/mol. The number of piperidine rings is 1. The highest BCUT2D eigenvalue weighted by Crippen LogP contribution is 2.40. The maximum atomic E-state index is 12.9. The van der Waals surface area contributed by atoms with Crippen molar-refractivity contribution < 1.29 is 4.79 Å².